The Balaban J connectivity index is 1.87. The first-order valence-corrected chi connectivity index (χ1v) is 7.31. The summed E-state index contributed by atoms with van der Waals surface area (Å²) in [6.45, 7) is 9.07. The molecule has 0 saturated heterocycles. The van der Waals surface area contributed by atoms with Crippen LogP contribution in [-0.2, 0) is 5.41 Å². The molecular weight excluding hydrogens is 216 g/mol. The van der Waals surface area contributed by atoms with Crippen molar-refractivity contribution in [2.24, 2.45) is 22.7 Å². The van der Waals surface area contributed by atoms with Gasteiger partial charge in [-0.1, -0.05) is 50.3 Å². The summed E-state index contributed by atoms with van der Waals surface area (Å²) in [6, 6.07) is 11.3. The Kier molecular flexibility index (Phi) is 1.76. The maximum Gasteiger partial charge on any atom is 0.0108 e. The molecule has 3 aliphatic rings. The number of hydrogen-bond donors (Lipinski definition) is 0. The quantitative estimate of drug-likeness (QED) is 0.677. The first-order valence-electron chi connectivity index (χ1n) is 7.31. The lowest BCUT2D eigenvalue weighted by Gasteiger charge is -2.58. The SMILES string of the molecule is C=CC[C@@]1(C)[C@]2(C)[C@H]3CC[C@@H]3[C@]12c1ccccc1. The van der Waals surface area contributed by atoms with Gasteiger partial charge in [-0.25, -0.2) is 0 Å². The lowest BCUT2D eigenvalue weighted by atomic mass is 9.46. The summed E-state index contributed by atoms with van der Waals surface area (Å²) in [4.78, 5) is 0. The summed E-state index contributed by atoms with van der Waals surface area (Å²) in [7, 11) is 0. The predicted octanol–water partition coefficient (Wildman–Crippen LogP) is 4.57. The van der Waals surface area contributed by atoms with Gasteiger partial charge in [0.1, 0.15) is 0 Å². The van der Waals surface area contributed by atoms with E-state index in [0.717, 1.165) is 11.8 Å². The highest BCUT2D eigenvalue weighted by molar-refractivity contribution is 5.55. The van der Waals surface area contributed by atoms with Crippen molar-refractivity contribution < 1.29 is 0 Å². The van der Waals surface area contributed by atoms with Crippen molar-refractivity contribution >= 4 is 0 Å². The molecule has 0 spiro atoms. The van der Waals surface area contributed by atoms with Gasteiger partial charge in [-0.3, -0.25) is 0 Å². The zero-order valence-corrected chi connectivity index (χ0v) is 11.4. The second-order valence-corrected chi connectivity index (χ2v) is 6.99. The Labute approximate surface area is 110 Å². The summed E-state index contributed by atoms with van der Waals surface area (Å²) in [6.07, 6.45) is 6.23. The third-order valence-corrected chi connectivity index (χ3v) is 7.13. The lowest BCUT2D eigenvalue weighted by Crippen LogP contribution is -2.54. The number of hydrogen-bond acceptors (Lipinski definition) is 0. The zero-order valence-electron chi connectivity index (χ0n) is 11.4. The molecule has 4 rings (SSSR count). The normalized spacial score (nSPS) is 51.4. The molecule has 0 aromatic heterocycles. The molecule has 0 heteroatoms. The van der Waals surface area contributed by atoms with Crippen LogP contribution in [0.2, 0.25) is 0 Å². The first-order chi connectivity index (χ1) is 8.64. The number of fused-ring (bicyclic) bond motifs is 4. The number of benzene rings is 1. The summed E-state index contributed by atoms with van der Waals surface area (Å²) >= 11 is 0. The topological polar surface area (TPSA) is 0 Å². The average Bonchev–Trinajstić information content (AvgIpc) is 2.69. The molecular formula is C18H22. The average molecular weight is 238 g/mol. The van der Waals surface area contributed by atoms with Gasteiger partial charge in [0.25, 0.3) is 0 Å². The Morgan fingerprint density at radius 2 is 1.83 bits per heavy atom. The van der Waals surface area contributed by atoms with Crippen LogP contribution in [0.15, 0.2) is 43.0 Å². The van der Waals surface area contributed by atoms with Crippen LogP contribution < -0.4 is 0 Å². The molecule has 0 unspecified atom stereocenters. The first kappa shape index (κ1) is 10.8. The van der Waals surface area contributed by atoms with Crippen molar-refractivity contribution in [1.82, 2.24) is 0 Å². The Morgan fingerprint density at radius 1 is 1.17 bits per heavy atom. The Morgan fingerprint density at radius 3 is 2.39 bits per heavy atom. The van der Waals surface area contributed by atoms with E-state index in [2.05, 4.69) is 56.8 Å². The van der Waals surface area contributed by atoms with Crippen LogP contribution >= 0.6 is 0 Å². The lowest BCUT2D eigenvalue weighted by molar-refractivity contribution is -0.0483. The van der Waals surface area contributed by atoms with Crippen molar-refractivity contribution in [3.63, 3.8) is 0 Å². The molecule has 94 valence electrons. The van der Waals surface area contributed by atoms with Crippen LogP contribution in [-0.4, -0.2) is 0 Å². The molecule has 0 bridgehead atoms. The van der Waals surface area contributed by atoms with Gasteiger partial charge in [0.15, 0.2) is 0 Å². The maximum absolute atomic E-state index is 4.01. The minimum atomic E-state index is 0.453. The van der Waals surface area contributed by atoms with Gasteiger partial charge in [-0.05, 0) is 47.5 Å². The third-order valence-electron chi connectivity index (χ3n) is 7.13. The summed E-state index contributed by atoms with van der Waals surface area (Å²) in [5, 5.41) is 0. The maximum atomic E-state index is 4.01. The van der Waals surface area contributed by atoms with Gasteiger partial charge in [0.05, 0.1) is 0 Å². The van der Waals surface area contributed by atoms with Crippen LogP contribution in [0.25, 0.3) is 0 Å². The fourth-order valence-corrected chi connectivity index (χ4v) is 6.36. The van der Waals surface area contributed by atoms with Crippen LogP contribution in [0.5, 0.6) is 0 Å². The van der Waals surface area contributed by atoms with E-state index in [0.29, 0.717) is 16.2 Å². The Hall–Kier alpha value is -1.04. The standard InChI is InChI=1S/C18H22/c1-4-12-16(2)17(3)14-10-11-15(14)18(16,17)13-8-6-5-7-9-13/h4-9,14-15H,1,10-12H2,2-3H3/t14-,15-,16-,17-,18+/m0/s1. The summed E-state index contributed by atoms with van der Waals surface area (Å²) in [5.74, 6) is 1.94. The smallest absolute Gasteiger partial charge is 0.0108 e. The van der Waals surface area contributed by atoms with E-state index in [4.69, 9.17) is 0 Å². The fraction of sp³-hybridized carbons (Fsp3) is 0.556. The molecule has 0 heterocycles. The van der Waals surface area contributed by atoms with Crippen molar-refractivity contribution in [2.45, 2.75) is 38.5 Å². The minimum Gasteiger partial charge on any atom is -0.103 e. The van der Waals surface area contributed by atoms with Gasteiger partial charge in [0, 0.05) is 5.41 Å². The summed E-state index contributed by atoms with van der Waals surface area (Å²) in [5.41, 5.74) is 3.06. The van der Waals surface area contributed by atoms with Gasteiger partial charge < -0.3 is 0 Å². The van der Waals surface area contributed by atoms with Gasteiger partial charge in [0.2, 0.25) is 0 Å². The van der Waals surface area contributed by atoms with E-state index in [9.17, 15) is 0 Å². The molecule has 0 N–H and O–H groups in total. The summed E-state index contributed by atoms with van der Waals surface area (Å²) < 4.78 is 0. The number of rotatable bonds is 3. The zero-order chi connectivity index (χ0) is 12.6. The molecule has 0 radical (unpaired) electrons. The monoisotopic (exact) mass is 238 g/mol. The van der Waals surface area contributed by atoms with E-state index in [1.807, 2.05) is 0 Å². The highest BCUT2D eigenvalue weighted by Crippen LogP contribution is 2.97. The number of allylic oxidation sites excluding steroid dienone is 1. The highest BCUT2D eigenvalue weighted by Gasteiger charge is 2.95. The van der Waals surface area contributed by atoms with Crippen LogP contribution in [0.4, 0.5) is 0 Å². The Bertz CT molecular complexity index is 516. The second kappa shape index (κ2) is 2.92. The van der Waals surface area contributed by atoms with Crippen LogP contribution in [0.3, 0.4) is 0 Å². The highest BCUT2D eigenvalue weighted by atomic mass is 15.0. The van der Waals surface area contributed by atoms with E-state index in [-0.39, 0.29) is 0 Å². The fourth-order valence-electron chi connectivity index (χ4n) is 6.36. The van der Waals surface area contributed by atoms with Crippen LogP contribution in [0, 0.1) is 22.7 Å². The second-order valence-electron chi connectivity index (χ2n) is 6.99. The van der Waals surface area contributed by atoms with Crippen LogP contribution in [0.1, 0.15) is 38.7 Å². The van der Waals surface area contributed by atoms with E-state index in [1.54, 1.807) is 5.56 Å². The van der Waals surface area contributed by atoms with Crippen molar-refractivity contribution in [3.8, 4) is 0 Å². The molecule has 0 amide bonds. The van der Waals surface area contributed by atoms with Gasteiger partial charge in [-0.2, -0.15) is 0 Å². The molecule has 1 aromatic rings. The molecule has 0 aliphatic heterocycles. The van der Waals surface area contributed by atoms with E-state index >= 15 is 0 Å². The third kappa shape index (κ3) is 0.735. The van der Waals surface area contributed by atoms with Gasteiger partial charge >= 0.3 is 0 Å². The molecule has 3 saturated carbocycles. The minimum absolute atomic E-state index is 0.453. The van der Waals surface area contributed by atoms with Crippen molar-refractivity contribution in [3.05, 3.63) is 48.6 Å². The molecule has 3 aliphatic carbocycles. The molecule has 0 nitrogen and oxygen atoms in total. The van der Waals surface area contributed by atoms with Gasteiger partial charge in [-0.15, -0.1) is 6.58 Å². The largest absolute Gasteiger partial charge is 0.103 e. The van der Waals surface area contributed by atoms with Crippen molar-refractivity contribution in [1.29, 1.82) is 0 Å². The molecule has 5 atom stereocenters. The van der Waals surface area contributed by atoms with Crippen molar-refractivity contribution in [2.75, 3.05) is 0 Å². The predicted molar refractivity (Wildman–Crippen MR) is 75.4 cm³/mol. The molecule has 3 fully saturated rings. The molecule has 18 heavy (non-hydrogen) atoms. The van der Waals surface area contributed by atoms with E-state index in [1.165, 1.54) is 19.3 Å². The molecule has 1 aromatic carbocycles. The van der Waals surface area contributed by atoms with E-state index < -0.39 is 0 Å².